The Morgan fingerprint density at radius 1 is 0.419 bits per heavy atom. The summed E-state index contributed by atoms with van der Waals surface area (Å²) in [5.74, 6) is 0. The van der Waals surface area contributed by atoms with Crippen LogP contribution in [-0.2, 0) is 32.5 Å². The van der Waals surface area contributed by atoms with E-state index < -0.39 is 0 Å². The molecule has 2 nitrogen and oxygen atoms in total. The number of rotatable bonds is 4. The van der Waals surface area contributed by atoms with Gasteiger partial charge in [-0.2, -0.15) is 0 Å². The van der Waals surface area contributed by atoms with Gasteiger partial charge in [0.15, 0.2) is 0 Å². The molecule has 74 heavy (non-hydrogen) atoms. The van der Waals surface area contributed by atoms with Crippen LogP contribution >= 0.6 is 11.3 Å². The minimum absolute atomic E-state index is 0.0187. The van der Waals surface area contributed by atoms with Crippen molar-refractivity contribution < 1.29 is 0 Å². The van der Waals surface area contributed by atoms with Crippen LogP contribution in [0.25, 0.3) is 32.3 Å². The van der Waals surface area contributed by atoms with Crippen molar-refractivity contribution >= 4 is 78.0 Å². The molecule has 0 saturated carbocycles. The summed E-state index contributed by atoms with van der Waals surface area (Å²) >= 11 is 2.06. The number of hydrogen-bond donors (Lipinski definition) is 0. The summed E-state index contributed by atoms with van der Waals surface area (Å²) in [5, 5.41) is 1.40. The summed E-state index contributed by atoms with van der Waals surface area (Å²) in [6.45, 7) is 34.4. The molecule has 1 aromatic heterocycles. The molecule has 0 saturated heterocycles. The number of benzene rings is 7. The third kappa shape index (κ3) is 7.01. The van der Waals surface area contributed by atoms with Crippen LogP contribution in [0, 0.1) is 13.8 Å². The second-order valence-corrected chi connectivity index (χ2v) is 28.5. The molecule has 0 radical (unpaired) electrons. The molecule has 4 heteroatoms. The molecule has 0 unspecified atom stereocenters. The van der Waals surface area contributed by atoms with Crippen LogP contribution in [0.2, 0.25) is 0 Å². The van der Waals surface area contributed by atoms with Gasteiger partial charge < -0.3 is 9.80 Å². The molecule has 0 amide bonds. The molecule has 5 aliphatic rings. The Labute approximate surface area is 447 Å². The highest BCUT2D eigenvalue weighted by Crippen LogP contribution is 2.57. The van der Waals surface area contributed by atoms with Crippen molar-refractivity contribution in [1.29, 1.82) is 0 Å². The molecular weight excluding hydrogens is 912 g/mol. The second kappa shape index (κ2) is 15.9. The van der Waals surface area contributed by atoms with Gasteiger partial charge in [0.25, 0.3) is 6.71 Å². The van der Waals surface area contributed by atoms with Gasteiger partial charge in [0.1, 0.15) is 0 Å². The number of fused-ring (bicyclic) bond motifs is 9. The van der Waals surface area contributed by atoms with E-state index in [9.17, 15) is 0 Å². The van der Waals surface area contributed by atoms with E-state index in [1.54, 1.807) is 0 Å². The van der Waals surface area contributed by atoms with Crippen LogP contribution in [0.5, 0.6) is 0 Å². The molecule has 0 atom stereocenters. The highest BCUT2D eigenvalue weighted by atomic mass is 32.1. The van der Waals surface area contributed by atoms with Crippen molar-refractivity contribution in [2.45, 2.75) is 168 Å². The summed E-state index contributed by atoms with van der Waals surface area (Å²) in [7, 11) is 0. The van der Waals surface area contributed by atoms with Crippen LogP contribution in [0.4, 0.5) is 34.1 Å². The first kappa shape index (κ1) is 47.8. The topological polar surface area (TPSA) is 6.48 Å². The lowest BCUT2D eigenvalue weighted by Crippen LogP contribution is -2.60. The molecule has 7 aromatic carbocycles. The molecule has 2 aliphatic heterocycles. The Kier molecular flexibility index (Phi) is 10.3. The first-order chi connectivity index (χ1) is 35.0. The second-order valence-electron chi connectivity index (χ2n) is 27.4. The van der Waals surface area contributed by atoms with Gasteiger partial charge in [-0.1, -0.05) is 156 Å². The SMILES string of the molecule is Cc1cc2c3c(c1)N(c1ccc4c(c1)C(C)(C)CCC4(C)C)c1c(sc4cc5c(cc14)C(C)(C)CCC5(C)C)B3c1ccc(-c3ccccc3C)cc1N2c1cc2c(cc1-c1ccccc1)C(C)(C)CCC2(C)C. The van der Waals surface area contributed by atoms with Crippen molar-refractivity contribution in [2.24, 2.45) is 0 Å². The van der Waals surface area contributed by atoms with Gasteiger partial charge in [-0.3, -0.25) is 0 Å². The normalized spacial score (nSPS) is 19.7. The first-order valence-electron chi connectivity index (χ1n) is 27.9. The summed E-state index contributed by atoms with van der Waals surface area (Å²) in [6.07, 6.45) is 7.08. The van der Waals surface area contributed by atoms with E-state index in [1.807, 2.05) is 0 Å². The van der Waals surface area contributed by atoms with Crippen LogP contribution < -0.4 is 25.5 Å². The lowest BCUT2D eigenvalue weighted by Gasteiger charge is -2.46. The Hall–Kier alpha value is -5.84. The standard InChI is InChI=1S/C70H75BN2S/c1-42-34-59-62-60(35-42)73(57-40-54-52(67(7,8)30-32-69(54,11)12)38-48(57)44-21-16-15-17-22-44)58-36-45(47-23-19-18-20-43(47)2)24-27-56(58)71(62)64-63(49-39-53-55(41-61(49)74-64)70(13,14)33-31-68(53,9)10)72(59)46-25-26-50-51(37-46)66(5,6)29-28-65(50,3)4/h15-27,34-41H,28-33H2,1-14H3. The van der Waals surface area contributed by atoms with Gasteiger partial charge in [-0.05, 0) is 212 Å². The third-order valence-corrected chi connectivity index (χ3v) is 20.8. The van der Waals surface area contributed by atoms with Crippen LogP contribution in [0.15, 0.2) is 127 Å². The minimum atomic E-state index is 0.0187. The molecule has 0 fully saturated rings. The Bertz CT molecular complexity index is 3670. The van der Waals surface area contributed by atoms with E-state index in [0.717, 1.165) is 6.42 Å². The molecular formula is C70H75BN2S. The summed E-state index contributed by atoms with van der Waals surface area (Å²) in [6, 6.07) is 51.0. The van der Waals surface area contributed by atoms with Crippen molar-refractivity contribution in [3.05, 3.63) is 172 Å². The van der Waals surface area contributed by atoms with E-state index in [-0.39, 0.29) is 39.2 Å². The molecule has 13 rings (SSSR count). The van der Waals surface area contributed by atoms with E-state index in [2.05, 4.69) is 245 Å². The maximum atomic E-state index is 2.75. The van der Waals surface area contributed by atoms with Gasteiger partial charge >= 0.3 is 0 Å². The maximum Gasteiger partial charge on any atom is 0.264 e. The van der Waals surface area contributed by atoms with Gasteiger partial charge in [-0.25, -0.2) is 0 Å². The van der Waals surface area contributed by atoms with E-state index in [0.29, 0.717) is 0 Å². The van der Waals surface area contributed by atoms with Crippen molar-refractivity contribution in [3.63, 3.8) is 0 Å². The van der Waals surface area contributed by atoms with Gasteiger partial charge in [0.05, 0.1) is 11.4 Å². The number of anilines is 6. The third-order valence-electron chi connectivity index (χ3n) is 19.6. The first-order valence-corrected chi connectivity index (χ1v) is 28.7. The molecule has 8 aromatic rings. The predicted molar refractivity (Wildman–Crippen MR) is 322 cm³/mol. The van der Waals surface area contributed by atoms with Crippen molar-refractivity contribution in [2.75, 3.05) is 9.80 Å². The molecule has 374 valence electrons. The summed E-state index contributed by atoms with van der Waals surface area (Å²) in [5.41, 5.74) is 27.7. The van der Waals surface area contributed by atoms with Crippen molar-refractivity contribution in [3.8, 4) is 22.3 Å². The number of hydrogen-bond acceptors (Lipinski definition) is 3. The van der Waals surface area contributed by atoms with Gasteiger partial charge in [0, 0.05) is 43.2 Å². The van der Waals surface area contributed by atoms with Crippen LogP contribution in [0.1, 0.15) is 166 Å². The highest BCUT2D eigenvalue weighted by Gasteiger charge is 2.48. The van der Waals surface area contributed by atoms with E-state index in [1.165, 1.54) is 159 Å². The fourth-order valence-corrected chi connectivity index (χ4v) is 16.0. The predicted octanol–water partition coefficient (Wildman–Crippen LogP) is 18.0. The van der Waals surface area contributed by atoms with Gasteiger partial charge in [0.2, 0.25) is 0 Å². The van der Waals surface area contributed by atoms with Crippen LogP contribution in [-0.4, -0.2) is 6.71 Å². The zero-order chi connectivity index (χ0) is 51.8. The quantitative estimate of drug-likeness (QED) is 0.162. The number of thiophene rings is 1. The molecule has 3 aliphatic carbocycles. The lowest BCUT2D eigenvalue weighted by atomic mass is 9.36. The fourth-order valence-electron chi connectivity index (χ4n) is 14.6. The van der Waals surface area contributed by atoms with Crippen molar-refractivity contribution in [1.82, 2.24) is 0 Å². The molecule has 0 spiro atoms. The Morgan fingerprint density at radius 3 is 1.59 bits per heavy atom. The van der Waals surface area contributed by atoms with E-state index in [4.69, 9.17) is 0 Å². The average molecular weight is 987 g/mol. The Morgan fingerprint density at radius 2 is 0.959 bits per heavy atom. The smallest absolute Gasteiger partial charge is 0.264 e. The number of aryl methyl sites for hydroxylation is 2. The number of nitrogens with zero attached hydrogens (tertiary/aromatic N) is 2. The van der Waals surface area contributed by atoms with E-state index >= 15 is 0 Å². The largest absolute Gasteiger partial charge is 0.311 e. The highest BCUT2D eigenvalue weighted by molar-refractivity contribution is 7.33. The zero-order valence-corrected chi connectivity index (χ0v) is 47.6. The van der Waals surface area contributed by atoms with Gasteiger partial charge in [-0.15, -0.1) is 11.3 Å². The zero-order valence-electron chi connectivity index (χ0n) is 46.7. The summed E-state index contributed by atoms with van der Waals surface area (Å²) in [4.78, 5) is 5.49. The summed E-state index contributed by atoms with van der Waals surface area (Å²) < 4.78 is 2.86. The molecule has 3 heterocycles. The monoisotopic (exact) mass is 987 g/mol. The maximum absolute atomic E-state index is 2.75. The molecule has 0 bridgehead atoms. The Balaban J connectivity index is 1.17. The molecule has 0 N–H and O–H groups in total. The van der Waals surface area contributed by atoms with Crippen LogP contribution in [0.3, 0.4) is 0 Å². The lowest BCUT2D eigenvalue weighted by molar-refractivity contribution is 0.332. The minimum Gasteiger partial charge on any atom is -0.311 e. The fraction of sp³-hybridized carbons (Fsp3) is 0.371. The average Bonchev–Trinajstić information content (AvgIpc) is 3.77.